The molecular formula is C11H17Cl2FN2O2S. The molecule has 0 saturated heterocycles. The molecule has 0 aliphatic rings. The van der Waals surface area contributed by atoms with Crippen LogP contribution in [0, 0.1) is 5.82 Å². The smallest absolute Gasteiger partial charge is 0.242 e. The summed E-state index contributed by atoms with van der Waals surface area (Å²) in [6, 6.07) is 3.20. The number of hydrogen-bond acceptors (Lipinski definition) is 3. The van der Waals surface area contributed by atoms with Crippen molar-refractivity contribution in [2.45, 2.75) is 18.2 Å². The fourth-order valence-electron chi connectivity index (χ4n) is 1.35. The zero-order chi connectivity index (χ0) is 13.6. The van der Waals surface area contributed by atoms with Gasteiger partial charge < -0.3 is 5.32 Å². The SMILES string of the molecule is CCCNCCNS(=O)(=O)c1ccc(F)cc1Cl.Cl. The lowest BCUT2D eigenvalue weighted by Gasteiger charge is -2.08. The van der Waals surface area contributed by atoms with Gasteiger partial charge in [0.25, 0.3) is 0 Å². The van der Waals surface area contributed by atoms with Crippen LogP contribution in [0.2, 0.25) is 5.02 Å². The summed E-state index contributed by atoms with van der Waals surface area (Å²) in [5, 5.41) is 2.94. The molecule has 1 aromatic carbocycles. The maximum atomic E-state index is 12.8. The summed E-state index contributed by atoms with van der Waals surface area (Å²) < 4.78 is 38.9. The van der Waals surface area contributed by atoms with E-state index in [2.05, 4.69) is 10.0 Å². The van der Waals surface area contributed by atoms with Gasteiger partial charge in [-0.2, -0.15) is 0 Å². The van der Waals surface area contributed by atoms with Crippen LogP contribution in [0.3, 0.4) is 0 Å². The summed E-state index contributed by atoms with van der Waals surface area (Å²) in [5.74, 6) is -0.566. The predicted octanol–water partition coefficient (Wildman–Crippen LogP) is 2.18. The number of benzene rings is 1. The molecule has 2 N–H and O–H groups in total. The Balaban J connectivity index is 0.00000324. The molecule has 0 bridgehead atoms. The van der Waals surface area contributed by atoms with Gasteiger partial charge in [0, 0.05) is 13.1 Å². The van der Waals surface area contributed by atoms with E-state index in [-0.39, 0.29) is 28.9 Å². The summed E-state index contributed by atoms with van der Waals surface area (Å²) in [5.41, 5.74) is 0. The molecule has 0 unspecified atom stereocenters. The van der Waals surface area contributed by atoms with E-state index in [9.17, 15) is 12.8 Å². The molecule has 0 aliphatic carbocycles. The van der Waals surface area contributed by atoms with Crippen LogP contribution < -0.4 is 10.0 Å². The van der Waals surface area contributed by atoms with E-state index in [1.165, 1.54) is 0 Å². The first-order valence-corrected chi connectivity index (χ1v) is 7.49. The van der Waals surface area contributed by atoms with E-state index in [1.54, 1.807) is 0 Å². The van der Waals surface area contributed by atoms with Crippen LogP contribution in [0.25, 0.3) is 0 Å². The van der Waals surface area contributed by atoms with Gasteiger partial charge in [-0.3, -0.25) is 0 Å². The van der Waals surface area contributed by atoms with Crippen molar-refractivity contribution in [3.05, 3.63) is 29.0 Å². The molecule has 110 valence electrons. The van der Waals surface area contributed by atoms with Gasteiger partial charge in [0.1, 0.15) is 10.7 Å². The van der Waals surface area contributed by atoms with Crippen LogP contribution in [0.1, 0.15) is 13.3 Å². The first-order valence-electron chi connectivity index (χ1n) is 5.63. The summed E-state index contributed by atoms with van der Waals surface area (Å²) >= 11 is 5.70. The number of hydrogen-bond donors (Lipinski definition) is 2. The van der Waals surface area contributed by atoms with Crippen LogP contribution in [0.4, 0.5) is 4.39 Å². The van der Waals surface area contributed by atoms with Crippen LogP contribution in [0.5, 0.6) is 0 Å². The Morgan fingerprint density at radius 1 is 1.26 bits per heavy atom. The van der Waals surface area contributed by atoms with Crippen molar-refractivity contribution >= 4 is 34.0 Å². The molecule has 0 atom stereocenters. The van der Waals surface area contributed by atoms with Crippen molar-refractivity contribution in [3.8, 4) is 0 Å². The van der Waals surface area contributed by atoms with Crippen LogP contribution in [0.15, 0.2) is 23.1 Å². The molecule has 1 rings (SSSR count). The van der Waals surface area contributed by atoms with Gasteiger partial charge >= 0.3 is 0 Å². The lowest BCUT2D eigenvalue weighted by atomic mass is 10.3. The molecule has 0 saturated carbocycles. The van der Waals surface area contributed by atoms with Crippen LogP contribution in [-0.2, 0) is 10.0 Å². The molecule has 0 amide bonds. The van der Waals surface area contributed by atoms with E-state index >= 15 is 0 Å². The molecule has 0 radical (unpaired) electrons. The van der Waals surface area contributed by atoms with Crippen LogP contribution in [-0.4, -0.2) is 28.1 Å². The van der Waals surface area contributed by atoms with Crippen molar-refractivity contribution in [2.24, 2.45) is 0 Å². The minimum absolute atomic E-state index is 0. The van der Waals surface area contributed by atoms with Crippen molar-refractivity contribution < 1.29 is 12.8 Å². The molecular weight excluding hydrogens is 314 g/mol. The van der Waals surface area contributed by atoms with Gasteiger partial charge in [-0.1, -0.05) is 18.5 Å². The molecule has 8 heteroatoms. The molecule has 0 heterocycles. The third kappa shape index (κ3) is 6.05. The van der Waals surface area contributed by atoms with Crippen molar-refractivity contribution in [2.75, 3.05) is 19.6 Å². The highest BCUT2D eigenvalue weighted by Crippen LogP contribution is 2.21. The summed E-state index contributed by atoms with van der Waals surface area (Å²) in [4.78, 5) is -0.110. The standard InChI is InChI=1S/C11H16ClFN2O2S.ClH/c1-2-5-14-6-7-15-18(16,17)11-4-3-9(13)8-10(11)12;/h3-4,8,14-15H,2,5-7H2,1H3;1H. The Hall–Kier alpha value is -0.400. The van der Waals surface area contributed by atoms with Gasteiger partial charge in [-0.15, -0.1) is 12.4 Å². The van der Waals surface area contributed by atoms with Crippen LogP contribution >= 0.6 is 24.0 Å². The molecule has 0 aliphatic heterocycles. The average Bonchev–Trinajstić information content (AvgIpc) is 2.28. The number of halogens is 3. The third-order valence-corrected chi connectivity index (χ3v) is 4.15. The highest BCUT2D eigenvalue weighted by molar-refractivity contribution is 7.89. The molecule has 0 spiro atoms. The highest BCUT2D eigenvalue weighted by Gasteiger charge is 2.17. The minimum atomic E-state index is -3.68. The second-order valence-corrected chi connectivity index (χ2v) is 5.87. The molecule has 19 heavy (non-hydrogen) atoms. The Morgan fingerprint density at radius 2 is 1.95 bits per heavy atom. The monoisotopic (exact) mass is 330 g/mol. The van der Waals surface area contributed by atoms with Crippen molar-refractivity contribution in [1.82, 2.24) is 10.0 Å². The first kappa shape index (κ1) is 18.6. The first-order chi connectivity index (χ1) is 8.47. The van der Waals surface area contributed by atoms with E-state index in [4.69, 9.17) is 11.6 Å². The molecule has 1 aromatic rings. The number of nitrogens with one attached hydrogen (secondary N) is 2. The van der Waals surface area contributed by atoms with Crippen molar-refractivity contribution in [1.29, 1.82) is 0 Å². The highest BCUT2D eigenvalue weighted by atomic mass is 35.5. The van der Waals surface area contributed by atoms with Gasteiger partial charge in [-0.25, -0.2) is 17.5 Å². The summed E-state index contributed by atoms with van der Waals surface area (Å²) in [7, 11) is -3.68. The Bertz CT molecular complexity index is 497. The fourth-order valence-corrected chi connectivity index (χ4v) is 2.91. The van der Waals surface area contributed by atoms with Crippen molar-refractivity contribution in [3.63, 3.8) is 0 Å². The Labute approximate surface area is 124 Å². The van der Waals surface area contributed by atoms with Gasteiger partial charge in [0.2, 0.25) is 10.0 Å². The predicted molar refractivity (Wildman–Crippen MR) is 77.0 cm³/mol. The molecule has 0 aromatic heterocycles. The lowest BCUT2D eigenvalue weighted by Crippen LogP contribution is -2.32. The number of rotatable bonds is 7. The fraction of sp³-hybridized carbons (Fsp3) is 0.455. The van der Waals surface area contributed by atoms with E-state index in [0.717, 1.165) is 31.2 Å². The van der Waals surface area contributed by atoms with E-state index in [0.29, 0.717) is 6.54 Å². The zero-order valence-electron chi connectivity index (χ0n) is 10.4. The topological polar surface area (TPSA) is 58.2 Å². The zero-order valence-corrected chi connectivity index (χ0v) is 12.8. The Morgan fingerprint density at radius 3 is 2.53 bits per heavy atom. The maximum Gasteiger partial charge on any atom is 0.242 e. The third-order valence-electron chi connectivity index (χ3n) is 2.20. The lowest BCUT2D eigenvalue weighted by molar-refractivity contribution is 0.575. The second-order valence-electron chi connectivity index (χ2n) is 3.72. The molecule has 0 fully saturated rings. The minimum Gasteiger partial charge on any atom is -0.315 e. The summed E-state index contributed by atoms with van der Waals surface area (Å²) in [6.45, 7) is 3.65. The summed E-state index contributed by atoms with van der Waals surface area (Å²) in [6.07, 6.45) is 0.983. The van der Waals surface area contributed by atoms with E-state index in [1.807, 2.05) is 6.92 Å². The van der Waals surface area contributed by atoms with Gasteiger partial charge in [-0.05, 0) is 31.2 Å². The van der Waals surface area contributed by atoms with E-state index < -0.39 is 15.8 Å². The largest absolute Gasteiger partial charge is 0.315 e. The quantitative estimate of drug-likeness (QED) is 0.753. The Kier molecular flexibility index (Phi) is 8.52. The maximum absolute atomic E-state index is 12.8. The molecule has 4 nitrogen and oxygen atoms in total. The van der Waals surface area contributed by atoms with Gasteiger partial charge in [0.15, 0.2) is 0 Å². The normalized spacial score (nSPS) is 11.1. The average molecular weight is 331 g/mol. The second kappa shape index (κ2) is 8.71. The van der Waals surface area contributed by atoms with Gasteiger partial charge in [0.05, 0.1) is 5.02 Å². The number of sulfonamides is 1.